The number of sulfonamides is 1. The Kier molecular flexibility index (Phi) is 5.11. The van der Waals surface area contributed by atoms with Crippen molar-refractivity contribution >= 4 is 27.2 Å². The standard InChI is InChI=1S/C11H13F3N2O2S2/c1-16(7-6-10(15)19)20(17,18)9-5-3-2-4-8(9)11(12,13)14/h2-5H,6-7H2,1H3,(H2,15,19). The molecule has 112 valence electrons. The van der Waals surface area contributed by atoms with E-state index in [2.05, 4.69) is 12.2 Å². The van der Waals surface area contributed by atoms with Gasteiger partial charge in [0.15, 0.2) is 0 Å². The topological polar surface area (TPSA) is 63.4 Å². The summed E-state index contributed by atoms with van der Waals surface area (Å²) in [5.74, 6) is 0. The highest BCUT2D eigenvalue weighted by molar-refractivity contribution is 7.89. The number of alkyl halides is 3. The minimum Gasteiger partial charge on any atom is -0.393 e. The van der Waals surface area contributed by atoms with Crippen molar-refractivity contribution in [2.75, 3.05) is 13.6 Å². The predicted octanol–water partition coefficient (Wildman–Crippen LogP) is 2.00. The fourth-order valence-electron chi connectivity index (χ4n) is 1.48. The summed E-state index contributed by atoms with van der Waals surface area (Å²) < 4.78 is 63.6. The van der Waals surface area contributed by atoms with Crippen LogP contribution in [0.1, 0.15) is 12.0 Å². The zero-order chi connectivity index (χ0) is 15.6. The molecule has 0 spiro atoms. The van der Waals surface area contributed by atoms with Gasteiger partial charge in [0.25, 0.3) is 0 Å². The molecule has 0 saturated heterocycles. The van der Waals surface area contributed by atoms with Crippen molar-refractivity contribution in [2.45, 2.75) is 17.5 Å². The molecule has 0 saturated carbocycles. The van der Waals surface area contributed by atoms with Crippen LogP contribution in [0.25, 0.3) is 0 Å². The Hall–Kier alpha value is -1.19. The highest BCUT2D eigenvalue weighted by Crippen LogP contribution is 2.34. The van der Waals surface area contributed by atoms with Crippen LogP contribution < -0.4 is 5.73 Å². The molecule has 1 rings (SSSR count). The molecular formula is C11H13F3N2O2S2. The van der Waals surface area contributed by atoms with E-state index in [0.29, 0.717) is 0 Å². The number of nitrogens with two attached hydrogens (primary N) is 1. The summed E-state index contributed by atoms with van der Waals surface area (Å²) in [7, 11) is -3.07. The monoisotopic (exact) mass is 326 g/mol. The third-order valence-electron chi connectivity index (χ3n) is 2.55. The third kappa shape index (κ3) is 3.90. The summed E-state index contributed by atoms with van der Waals surface area (Å²) in [5, 5.41) is 0. The van der Waals surface area contributed by atoms with Gasteiger partial charge >= 0.3 is 6.18 Å². The van der Waals surface area contributed by atoms with Crippen molar-refractivity contribution in [3.63, 3.8) is 0 Å². The van der Waals surface area contributed by atoms with Gasteiger partial charge in [0.1, 0.15) is 0 Å². The van der Waals surface area contributed by atoms with Crippen molar-refractivity contribution in [3.8, 4) is 0 Å². The second kappa shape index (κ2) is 6.06. The van der Waals surface area contributed by atoms with Crippen molar-refractivity contribution in [2.24, 2.45) is 5.73 Å². The lowest BCUT2D eigenvalue weighted by Crippen LogP contribution is -2.31. The summed E-state index contributed by atoms with van der Waals surface area (Å²) in [5.41, 5.74) is 4.06. The van der Waals surface area contributed by atoms with E-state index in [1.165, 1.54) is 13.1 Å². The number of hydrogen-bond acceptors (Lipinski definition) is 3. The van der Waals surface area contributed by atoms with E-state index < -0.39 is 26.7 Å². The summed E-state index contributed by atoms with van der Waals surface area (Å²) in [4.78, 5) is -0.686. The van der Waals surface area contributed by atoms with E-state index in [1.807, 2.05) is 0 Å². The molecule has 0 unspecified atom stereocenters. The van der Waals surface area contributed by atoms with Gasteiger partial charge in [0, 0.05) is 20.0 Å². The molecule has 20 heavy (non-hydrogen) atoms. The lowest BCUT2D eigenvalue weighted by atomic mass is 10.2. The van der Waals surface area contributed by atoms with Crippen molar-refractivity contribution in [3.05, 3.63) is 29.8 Å². The Labute approximate surface area is 120 Å². The first-order valence-electron chi connectivity index (χ1n) is 5.47. The van der Waals surface area contributed by atoms with Gasteiger partial charge < -0.3 is 5.73 Å². The van der Waals surface area contributed by atoms with Gasteiger partial charge in [-0.05, 0) is 12.1 Å². The molecule has 4 nitrogen and oxygen atoms in total. The van der Waals surface area contributed by atoms with Crippen LogP contribution in [-0.4, -0.2) is 31.3 Å². The van der Waals surface area contributed by atoms with Gasteiger partial charge in [-0.2, -0.15) is 13.2 Å². The number of nitrogens with zero attached hydrogens (tertiary/aromatic N) is 1. The van der Waals surface area contributed by atoms with Crippen molar-refractivity contribution in [1.29, 1.82) is 0 Å². The second-order valence-corrected chi connectivity index (χ2v) is 6.57. The lowest BCUT2D eigenvalue weighted by molar-refractivity contribution is -0.139. The van der Waals surface area contributed by atoms with Crippen LogP contribution in [0, 0.1) is 0 Å². The smallest absolute Gasteiger partial charge is 0.393 e. The summed E-state index contributed by atoms with van der Waals surface area (Å²) >= 11 is 4.61. The summed E-state index contributed by atoms with van der Waals surface area (Å²) in [6.45, 7) is -0.0795. The van der Waals surface area contributed by atoms with E-state index in [4.69, 9.17) is 5.73 Å². The summed E-state index contributed by atoms with van der Waals surface area (Å²) in [6, 6.07) is 4.03. The molecule has 0 heterocycles. The molecule has 0 atom stereocenters. The second-order valence-electron chi connectivity index (χ2n) is 4.04. The minimum atomic E-state index is -4.74. The molecule has 9 heteroatoms. The van der Waals surface area contributed by atoms with Gasteiger partial charge in [0.2, 0.25) is 10.0 Å². The Morgan fingerprint density at radius 1 is 1.35 bits per heavy atom. The first kappa shape index (κ1) is 16.9. The maximum absolute atomic E-state index is 12.8. The Morgan fingerprint density at radius 3 is 2.40 bits per heavy atom. The summed E-state index contributed by atoms with van der Waals surface area (Å²) in [6.07, 6.45) is -4.65. The Morgan fingerprint density at radius 2 is 1.90 bits per heavy atom. The van der Waals surface area contributed by atoms with Gasteiger partial charge in [0.05, 0.1) is 15.4 Å². The molecule has 0 fully saturated rings. The van der Waals surface area contributed by atoms with Gasteiger partial charge in [-0.1, -0.05) is 24.4 Å². The molecule has 2 N–H and O–H groups in total. The highest BCUT2D eigenvalue weighted by Gasteiger charge is 2.37. The quantitative estimate of drug-likeness (QED) is 0.841. The molecular weight excluding hydrogens is 313 g/mol. The van der Waals surface area contributed by atoms with Crippen LogP contribution in [0.3, 0.4) is 0 Å². The largest absolute Gasteiger partial charge is 0.417 e. The predicted molar refractivity (Wildman–Crippen MR) is 72.7 cm³/mol. The molecule has 1 aromatic carbocycles. The van der Waals surface area contributed by atoms with Crippen LogP contribution in [-0.2, 0) is 16.2 Å². The number of thiocarbonyl (C=S) groups is 1. The normalized spacial score (nSPS) is 12.7. The third-order valence-corrected chi connectivity index (χ3v) is 4.67. The van der Waals surface area contributed by atoms with Gasteiger partial charge in [-0.3, -0.25) is 0 Å². The van der Waals surface area contributed by atoms with E-state index in [9.17, 15) is 21.6 Å². The van der Waals surface area contributed by atoms with Crippen LogP contribution in [0.2, 0.25) is 0 Å². The average molecular weight is 326 g/mol. The maximum atomic E-state index is 12.8. The van der Waals surface area contributed by atoms with Crippen molar-refractivity contribution in [1.82, 2.24) is 4.31 Å². The average Bonchev–Trinajstić information content (AvgIpc) is 2.34. The van der Waals surface area contributed by atoms with E-state index >= 15 is 0 Å². The molecule has 0 aromatic heterocycles. The fraction of sp³-hybridized carbons (Fsp3) is 0.364. The van der Waals surface area contributed by atoms with Crippen LogP contribution in [0.15, 0.2) is 29.2 Å². The number of benzene rings is 1. The molecule has 1 aromatic rings. The van der Waals surface area contributed by atoms with Gasteiger partial charge in [-0.15, -0.1) is 0 Å². The zero-order valence-electron chi connectivity index (χ0n) is 10.5. The maximum Gasteiger partial charge on any atom is 0.417 e. The first-order chi connectivity index (χ1) is 9.06. The molecule has 0 aliphatic carbocycles. The fourth-order valence-corrected chi connectivity index (χ4v) is 2.95. The van der Waals surface area contributed by atoms with Crippen molar-refractivity contribution < 1.29 is 21.6 Å². The molecule has 0 amide bonds. The Balaban J connectivity index is 3.20. The number of hydrogen-bond donors (Lipinski definition) is 1. The van der Waals surface area contributed by atoms with E-state index in [-0.39, 0.29) is 18.0 Å². The highest BCUT2D eigenvalue weighted by atomic mass is 32.2. The Bertz CT molecular complexity index is 600. The van der Waals surface area contributed by atoms with Gasteiger partial charge in [-0.25, -0.2) is 12.7 Å². The molecule has 0 aliphatic rings. The first-order valence-corrected chi connectivity index (χ1v) is 7.32. The molecule has 0 radical (unpaired) electrons. The van der Waals surface area contributed by atoms with Crippen LogP contribution in [0.5, 0.6) is 0 Å². The number of rotatable bonds is 5. The number of halogens is 3. The lowest BCUT2D eigenvalue weighted by Gasteiger charge is -2.19. The molecule has 0 bridgehead atoms. The van der Waals surface area contributed by atoms with E-state index in [0.717, 1.165) is 22.5 Å². The zero-order valence-corrected chi connectivity index (χ0v) is 12.1. The van der Waals surface area contributed by atoms with Crippen LogP contribution in [0.4, 0.5) is 13.2 Å². The SMILES string of the molecule is CN(CCC(N)=S)S(=O)(=O)c1ccccc1C(F)(F)F. The van der Waals surface area contributed by atoms with E-state index in [1.54, 1.807) is 0 Å². The molecule has 0 aliphatic heterocycles. The minimum absolute atomic E-state index is 0.0795. The van der Waals surface area contributed by atoms with Crippen LogP contribution >= 0.6 is 12.2 Å².